The maximum atomic E-state index is 14.3. The fourth-order valence-electron chi connectivity index (χ4n) is 2.12. The Bertz CT molecular complexity index is 818. The van der Waals surface area contributed by atoms with Crippen molar-refractivity contribution in [3.63, 3.8) is 0 Å². The van der Waals surface area contributed by atoms with E-state index < -0.39 is 17.8 Å². The number of carbonyl (C=O) groups excluding carboxylic acids is 2. The first-order valence-electron chi connectivity index (χ1n) is 6.78. The highest BCUT2D eigenvalue weighted by molar-refractivity contribution is 6.05. The molecule has 0 aromatic heterocycles. The lowest BCUT2D eigenvalue weighted by atomic mass is 10.1. The minimum atomic E-state index is -0.853. The minimum absolute atomic E-state index is 0.0733. The standard InChI is InChI=1S/C17H13FN2O4/c1-23-16(21)12-5-3-4-8-20(15(12)17(22)24-2)14-9-11(10-19)6-7-13(14)18/h3-9H,1-2H3. The topological polar surface area (TPSA) is 79.6 Å². The average molecular weight is 328 g/mol. The number of nitriles is 1. The summed E-state index contributed by atoms with van der Waals surface area (Å²) in [6.07, 6.45) is 5.76. The average Bonchev–Trinajstić information content (AvgIpc) is 2.83. The molecule has 0 N–H and O–H groups in total. The van der Waals surface area contributed by atoms with Gasteiger partial charge in [-0.15, -0.1) is 0 Å². The van der Waals surface area contributed by atoms with E-state index in [1.807, 2.05) is 6.07 Å². The monoisotopic (exact) mass is 328 g/mol. The summed E-state index contributed by atoms with van der Waals surface area (Å²) in [7, 11) is 2.31. The van der Waals surface area contributed by atoms with Crippen LogP contribution in [0.2, 0.25) is 0 Å². The van der Waals surface area contributed by atoms with Crippen LogP contribution < -0.4 is 4.90 Å². The Morgan fingerprint density at radius 3 is 2.50 bits per heavy atom. The van der Waals surface area contributed by atoms with Crippen molar-refractivity contribution in [2.45, 2.75) is 0 Å². The zero-order valence-electron chi connectivity index (χ0n) is 12.9. The molecule has 1 aromatic carbocycles. The summed E-state index contributed by atoms with van der Waals surface area (Å²) >= 11 is 0. The molecule has 2 rings (SSSR count). The van der Waals surface area contributed by atoms with Gasteiger partial charge in [0.15, 0.2) is 0 Å². The van der Waals surface area contributed by atoms with Gasteiger partial charge in [0.25, 0.3) is 0 Å². The van der Waals surface area contributed by atoms with Crippen LogP contribution in [0.3, 0.4) is 0 Å². The molecular formula is C17H13FN2O4. The van der Waals surface area contributed by atoms with E-state index in [1.54, 1.807) is 0 Å². The molecule has 0 saturated heterocycles. The third-order valence-corrected chi connectivity index (χ3v) is 3.22. The molecule has 0 aliphatic carbocycles. The highest BCUT2D eigenvalue weighted by Gasteiger charge is 2.28. The van der Waals surface area contributed by atoms with Gasteiger partial charge in [-0.25, -0.2) is 14.0 Å². The van der Waals surface area contributed by atoms with Crippen LogP contribution in [-0.4, -0.2) is 26.2 Å². The Kier molecular flexibility index (Phi) is 5.12. The number of halogens is 1. The van der Waals surface area contributed by atoms with Gasteiger partial charge in [-0.3, -0.25) is 0 Å². The molecular weight excluding hydrogens is 315 g/mol. The Labute approximate surface area is 137 Å². The maximum absolute atomic E-state index is 14.3. The molecule has 7 heteroatoms. The third-order valence-electron chi connectivity index (χ3n) is 3.22. The lowest BCUT2D eigenvalue weighted by Crippen LogP contribution is -2.27. The number of allylic oxidation sites excluding steroid dienone is 2. The Morgan fingerprint density at radius 1 is 1.17 bits per heavy atom. The number of methoxy groups -OCH3 is 2. The Hall–Kier alpha value is -3.40. The zero-order chi connectivity index (χ0) is 17.7. The molecule has 0 saturated carbocycles. The molecule has 0 bridgehead atoms. The van der Waals surface area contributed by atoms with E-state index >= 15 is 0 Å². The first-order chi connectivity index (χ1) is 11.5. The van der Waals surface area contributed by atoms with Crippen molar-refractivity contribution in [2.24, 2.45) is 0 Å². The van der Waals surface area contributed by atoms with E-state index in [9.17, 15) is 14.0 Å². The molecule has 0 amide bonds. The molecule has 1 aliphatic heterocycles. The molecule has 6 nitrogen and oxygen atoms in total. The van der Waals surface area contributed by atoms with Crippen molar-refractivity contribution in [3.8, 4) is 6.07 Å². The molecule has 0 fully saturated rings. The number of rotatable bonds is 3. The Morgan fingerprint density at radius 2 is 1.88 bits per heavy atom. The molecule has 1 aliphatic rings. The van der Waals surface area contributed by atoms with Crippen LogP contribution in [0.15, 0.2) is 53.9 Å². The van der Waals surface area contributed by atoms with Crippen molar-refractivity contribution in [2.75, 3.05) is 19.1 Å². The van der Waals surface area contributed by atoms with Crippen LogP contribution in [-0.2, 0) is 19.1 Å². The SMILES string of the molecule is COC(=O)C1=C(C(=O)OC)N(c2cc(C#N)ccc2F)C=CC=C1. The predicted octanol–water partition coefficient (Wildman–Crippen LogP) is 2.19. The first kappa shape index (κ1) is 17.0. The summed E-state index contributed by atoms with van der Waals surface area (Å²) in [6, 6.07) is 5.57. The first-order valence-corrected chi connectivity index (χ1v) is 6.78. The van der Waals surface area contributed by atoms with E-state index in [2.05, 4.69) is 4.74 Å². The van der Waals surface area contributed by atoms with Gasteiger partial charge in [-0.2, -0.15) is 5.26 Å². The molecule has 0 unspecified atom stereocenters. The predicted molar refractivity (Wildman–Crippen MR) is 82.9 cm³/mol. The van der Waals surface area contributed by atoms with Gasteiger partial charge in [0, 0.05) is 6.20 Å². The second kappa shape index (κ2) is 7.24. The van der Waals surface area contributed by atoms with Gasteiger partial charge >= 0.3 is 11.9 Å². The van der Waals surface area contributed by atoms with Crippen molar-refractivity contribution in [1.82, 2.24) is 0 Å². The zero-order valence-corrected chi connectivity index (χ0v) is 12.9. The van der Waals surface area contributed by atoms with E-state index in [0.717, 1.165) is 25.2 Å². The van der Waals surface area contributed by atoms with Crippen LogP contribution in [0.25, 0.3) is 0 Å². The summed E-state index contributed by atoms with van der Waals surface area (Å²) in [5, 5.41) is 9.01. The van der Waals surface area contributed by atoms with Gasteiger partial charge < -0.3 is 14.4 Å². The molecule has 1 heterocycles. The Balaban J connectivity index is 2.73. The van der Waals surface area contributed by atoms with E-state index in [4.69, 9.17) is 10.00 Å². The number of ether oxygens (including phenoxy) is 2. The smallest absolute Gasteiger partial charge is 0.355 e. The summed E-state index contributed by atoms with van der Waals surface area (Å²) in [5.74, 6) is -2.31. The highest BCUT2D eigenvalue weighted by atomic mass is 19.1. The molecule has 0 spiro atoms. The van der Waals surface area contributed by atoms with Gasteiger partial charge in [-0.05, 0) is 30.4 Å². The molecule has 1 aromatic rings. The summed E-state index contributed by atoms with van der Waals surface area (Å²) in [4.78, 5) is 25.4. The lowest BCUT2D eigenvalue weighted by molar-refractivity contribution is -0.139. The van der Waals surface area contributed by atoms with Crippen molar-refractivity contribution in [3.05, 3.63) is 65.3 Å². The van der Waals surface area contributed by atoms with E-state index in [0.29, 0.717) is 0 Å². The number of benzene rings is 1. The summed E-state index contributed by atoms with van der Waals surface area (Å²) < 4.78 is 23.7. The van der Waals surface area contributed by atoms with Crippen molar-refractivity contribution < 1.29 is 23.5 Å². The molecule has 24 heavy (non-hydrogen) atoms. The van der Waals surface area contributed by atoms with Crippen LogP contribution in [0, 0.1) is 17.1 Å². The van der Waals surface area contributed by atoms with Crippen molar-refractivity contribution >= 4 is 17.6 Å². The largest absolute Gasteiger partial charge is 0.465 e. The van der Waals surface area contributed by atoms with Gasteiger partial charge in [0.05, 0.1) is 37.1 Å². The van der Waals surface area contributed by atoms with Crippen molar-refractivity contribution in [1.29, 1.82) is 5.26 Å². The summed E-state index contributed by atoms with van der Waals surface area (Å²) in [6.45, 7) is 0. The van der Waals surface area contributed by atoms with Crippen LogP contribution in [0.4, 0.5) is 10.1 Å². The second-order valence-corrected chi connectivity index (χ2v) is 4.59. The third kappa shape index (κ3) is 3.17. The van der Waals surface area contributed by atoms with E-state index in [-0.39, 0.29) is 22.5 Å². The summed E-state index contributed by atoms with van der Waals surface area (Å²) in [5.41, 5.74) is -0.198. The number of esters is 2. The van der Waals surface area contributed by atoms with E-state index in [1.165, 1.54) is 36.6 Å². The fourth-order valence-corrected chi connectivity index (χ4v) is 2.12. The molecule has 0 atom stereocenters. The number of anilines is 1. The lowest BCUT2D eigenvalue weighted by Gasteiger charge is -2.23. The number of carbonyl (C=O) groups is 2. The van der Waals surface area contributed by atoms with Gasteiger partial charge in [0.2, 0.25) is 0 Å². The highest BCUT2D eigenvalue weighted by Crippen LogP contribution is 2.29. The van der Waals surface area contributed by atoms with Gasteiger partial charge in [0.1, 0.15) is 11.5 Å². The van der Waals surface area contributed by atoms with Crippen LogP contribution >= 0.6 is 0 Å². The van der Waals surface area contributed by atoms with Crippen LogP contribution in [0.1, 0.15) is 5.56 Å². The minimum Gasteiger partial charge on any atom is -0.465 e. The normalized spacial score (nSPS) is 13.3. The quantitative estimate of drug-likeness (QED) is 0.791. The van der Waals surface area contributed by atoms with Crippen LogP contribution in [0.5, 0.6) is 0 Å². The molecule has 122 valence electrons. The number of hydrogen-bond acceptors (Lipinski definition) is 6. The second-order valence-electron chi connectivity index (χ2n) is 4.59. The number of nitrogens with zero attached hydrogens (tertiary/aromatic N) is 2. The fraction of sp³-hybridized carbons (Fsp3) is 0.118. The maximum Gasteiger partial charge on any atom is 0.355 e. The van der Waals surface area contributed by atoms with Gasteiger partial charge in [-0.1, -0.05) is 6.08 Å². The number of hydrogen-bond donors (Lipinski definition) is 0. The molecule has 0 radical (unpaired) electrons.